The van der Waals surface area contributed by atoms with Gasteiger partial charge in [-0.1, -0.05) is 23.2 Å². The Bertz CT molecular complexity index is 1150. The standard InChI is InChI=1S/C21H23Cl2N5O4S/c22-15-9-16(23)11-19(10-15)33(30,31)27-7-5-26(6-8-27)12-18-13-28(21(29)32-18)17-3-1-14(2-4-17)20(24)25/h1-4,9-11,18H,5-8,12-13H2,(H3,24,25). The van der Waals surface area contributed by atoms with Crippen LogP contribution >= 0.6 is 23.2 Å². The number of carbonyl (C=O) groups is 1. The molecular weight excluding hydrogens is 489 g/mol. The highest BCUT2D eigenvalue weighted by molar-refractivity contribution is 7.89. The van der Waals surface area contributed by atoms with Crippen LogP contribution in [0, 0.1) is 5.41 Å². The van der Waals surface area contributed by atoms with Gasteiger partial charge in [0.25, 0.3) is 0 Å². The van der Waals surface area contributed by atoms with Gasteiger partial charge >= 0.3 is 6.09 Å². The van der Waals surface area contributed by atoms with Crippen LogP contribution in [0.2, 0.25) is 10.0 Å². The minimum Gasteiger partial charge on any atom is -0.443 e. The van der Waals surface area contributed by atoms with Crippen molar-refractivity contribution < 1.29 is 17.9 Å². The average molecular weight is 512 g/mol. The lowest BCUT2D eigenvalue weighted by Crippen LogP contribution is -2.50. The molecular formula is C21H23Cl2N5O4S. The van der Waals surface area contributed by atoms with Gasteiger partial charge in [-0.25, -0.2) is 13.2 Å². The third-order valence-corrected chi connectivity index (χ3v) is 7.94. The fourth-order valence-electron chi connectivity index (χ4n) is 3.92. The van der Waals surface area contributed by atoms with Gasteiger partial charge in [0.05, 0.1) is 11.4 Å². The number of carbonyl (C=O) groups excluding carboxylic acids is 1. The van der Waals surface area contributed by atoms with Crippen molar-refractivity contribution in [2.45, 2.75) is 11.0 Å². The summed E-state index contributed by atoms with van der Waals surface area (Å²) in [7, 11) is -3.70. The van der Waals surface area contributed by atoms with Crippen molar-refractivity contribution in [1.29, 1.82) is 5.41 Å². The minimum atomic E-state index is -3.70. The number of hydrogen-bond acceptors (Lipinski definition) is 6. The Balaban J connectivity index is 1.34. The molecule has 0 spiro atoms. The SMILES string of the molecule is N=C(N)c1ccc(N2CC(CN3CCN(S(=O)(=O)c4cc(Cl)cc(Cl)c4)CC3)OC2=O)cc1. The molecule has 0 aromatic heterocycles. The number of hydrogen-bond donors (Lipinski definition) is 2. The summed E-state index contributed by atoms with van der Waals surface area (Å²) in [5.74, 6) is -0.0389. The molecule has 2 saturated heterocycles. The first kappa shape index (κ1) is 23.8. The van der Waals surface area contributed by atoms with E-state index in [9.17, 15) is 13.2 Å². The number of nitrogens with zero attached hydrogens (tertiary/aromatic N) is 3. The molecule has 2 aliphatic rings. The van der Waals surface area contributed by atoms with Crippen molar-refractivity contribution in [1.82, 2.24) is 9.21 Å². The highest BCUT2D eigenvalue weighted by Gasteiger charge is 2.35. The van der Waals surface area contributed by atoms with Gasteiger partial charge < -0.3 is 10.5 Å². The monoisotopic (exact) mass is 511 g/mol. The van der Waals surface area contributed by atoms with Crippen LogP contribution in [-0.4, -0.2) is 74.9 Å². The number of benzene rings is 2. The summed E-state index contributed by atoms with van der Waals surface area (Å²) in [6, 6.07) is 11.1. The summed E-state index contributed by atoms with van der Waals surface area (Å²) in [6.07, 6.45) is -0.769. The Kier molecular flexibility index (Phi) is 6.83. The quantitative estimate of drug-likeness (QED) is 0.454. The van der Waals surface area contributed by atoms with Crippen LogP contribution in [0.25, 0.3) is 0 Å². The van der Waals surface area contributed by atoms with Crippen LogP contribution in [-0.2, 0) is 14.8 Å². The predicted octanol–water partition coefficient (Wildman–Crippen LogP) is 2.61. The Morgan fingerprint density at radius 1 is 1.06 bits per heavy atom. The van der Waals surface area contributed by atoms with Gasteiger partial charge in [0, 0.05) is 54.0 Å². The second-order valence-electron chi connectivity index (χ2n) is 7.89. The van der Waals surface area contributed by atoms with Crippen LogP contribution in [0.4, 0.5) is 10.5 Å². The molecule has 0 aliphatic carbocycles. The number of sulfonamides is 1. The molecule has 0 saturated carbocycles. The molecule has 2 fully saturated rings. The molecule has 3 N–H and O–H groups in total. The van der Waals surface area contributed by atoms with E-state index < -0.39 is 16.1 Å². The van der Waals surface area contributed by atoms with Crippen molar-refractivity contribution in [3.63, 3.8) is 0 Å². The van der Waals surface area contributed by atoms with Crippen molar-refractivity contribution >= 4 is 50.8 Å². The predicted molar refractivity (Wildman–Crippen MR) is 127 cm³/mol. The summed E-state index contributed by atoms with van der Waals surface area (Å²) in [6.45, 7) is 2.53. The zero-order valence-corrected chi connectivity index (χ0v) is 19.9. The minimum absolute atomic E-state index is 0.0389. The first-order valence-electron chi connectivity index (χ1n) is 10.2. The Labute approximate surface area is 202 Å². The van der Waals surface area contributed by atoms with Crippen LogP contribution < -0.4 is 10.6 Å². The van der Waals surface area contributed by atoms with E-state index in [2.05, 4.69) is 4.90 Å². The largest absolute Gasteiger partial charge is 0.443 e. The number of piperazine rings is 1. The number of amides is 1. The Morgan fingerprint density at radius 3 is 2.24 bits per heavy atom. The summed E-state index contributed by atoms with van der Waals surface area (Å²) < 4.78 is 32.8. The topological polar surface area (TPSA) is 120 Å². The molecule has 2 heterocycles. The third-order valence-electron chi connectivity index (χ3n) is 5.63. The molecule has 1 unspecified atom stereocenters. The Hall–Kier alpha value is -2.37. The maximum absolute atomic E-state index is 12.9. The third kappa shape index (κ3) is 5.25. The van der Waals surface area contributed by atoms with Gasteiger partial charge in [0.15, 0.2) is 0 Å². The number of cyclic esters (lactones) is 1. The lowest BCUT2D eigenvalue weighted by molar-refractivity contribution is 0.0937. The van der Waals surface area contributed by atoms with E-state index >= 15 is 0 Å². The molecule has 0 radical (unpaired) electrons. The highest BCUT2D eigenvalue weighted by Crippen LogP contribution is 2.26. The van der Waals surface area contributed by atoms with Gasteiger partial charge in [0.2, 0.25) is 10.0 Å². The number of nitrogens with two attached hydrogens (primary N) is 1. The van der Waals surface area contributed by atoms with Crippen molar-refractivity contribution in [3.05, 3.63) is 58.1 Å². The molecule has 12 heteroatoms. The van der Waals surface area contributed by atoms with Crippen molar-refractivity contribution in [2.75, 3.05) is 44.2 Å². The fraction of sp³-hybridized carbons (Fsp3) is 0.333. The second-order valence-corrected chi connectivity index (χ2v) is 10.7. The zero-order valence-electron chi connectivity index (χ0n) is 17.6. The van der Waals surface area contributed by atoms with Crippen LogP contribution in [0.3, 0.4) is 0 Å². The van der Waals surface area contributed by atoms with Gasteiger partial charge in [-0.15, -0.1) is 0 Å². The van der Waals surface area contributed by atoms with E-state index in [0.717, 1.165) is 0 Å². The number of rotatable bonds is 6. The normalized spacial score (nSPS) is 20.1. The van der Waals surface area contributed by atoms with Crippen LogP contribution in [0.1, 0.15) is 5.56 Å². The number of amidine groups is 1. The van der Waals surface area contributed by atoms with E-state index in [1.54, 1.807) is 24.3 Å². The molecule has 2 aromatic carbocycles. The van der Waals surface area contributed by atoms with Gasteiger partial charge in [0.1, 0.15) is 11.9 Å². The number of ether oxygens (including phenoxy) is 1. The molecule has 9 nitrogen and oxygen atoms in total. The van der Waals surface area contributed by atoms with E-state index in [0.29, 0.717) is 50.5 Å². The zero-order chi connectivity index (χ0) is 23.8. The Morgan fingerprint density at radius 2 is 1.67 bits per heavy atom. The van der Waals surface area contributed by atoms with E-state index in [1.165, 1.54) is 27.4 Å². The smallest absolute Gasteiger partial charge is 0.414 e. The molecule has 176 valence electrons. The maximum Gasteiger partial charge on any atom is 0.414 e. The van der Waals surface area contributed by atoms with E-state index in [1.807, 2.05) is 0 Å². The molecule has 2 aromatic rings. The number of halogens is 2. The first-order valence-corrected chi connectivity index (χ1v) is 12.4. The van der Waals surface area contributed by atoms with E-state index in [4.69, 9.17) is 39.1 Å². The first-order chi connectivity index (χ1) is 15.6. The fourth-order valence-corrected chi connectivity index (χ4v) is 6.06. The van der Waals surface area contributed by atoms with Crippen molar-refractivity contribution in [3.8, 4) is 0 Å². The number of nitrogen functional groups attached to an aromatic ring is 1. The molecule has 1 amide bonds. The average Bonchev–Trinajstić information content (AvgIpc) is 3.13. The lowest BCUT2D eigenvalue weighted by atomic mass is 10.2. The second kappa shape index (κ2) is 9.47. The number of nitrogens with one attached hydrogen (secondary N) is 1. The highest BCUT2D eigenvalue weighted by atomic mass is 35.5. The molecule has 4 rings (SSSR count). The van der Waals surface area contributed by atoms with Crippen LogP contribution in [0.5, 0.6) is 0 Å². The summed E-state index contributed by atoms with van der Waals surface area (Å²) in [4.78, 5) is 16.0. The lowest BCUT2D eigenvalue weighted by Gasteiger charge is -2.34. The van der Waals surface area contributed by atoms with Crippen LogP contribution in [0.15, 0.2) is 47.4 Å². The van der Waals surface area contributed by atoms with Gasteiger partial charge in [-0.2, -0.15) is 4.31 Å². The maximum atomic E-state index is 12.9. The van der Waals surface area contributed by atoms with Crippen molar-refractivity contribution in [2.24, 2.45) is 5.73 Å². The molecule has 33 heavy (non-hydrogen) atoms. The van der Waals surface area contributed by atoms with Gasteiger partial charge in [-0.05, 0) is 42.5 Å². The van der Waals surface area contributed by atoms with E-state index in [-0.39, 0.29) is 26.9 Å². The molecule has 1 atom stereocenters. The molecule has 2 aliphatic heterocycles. The number of anilines is 1. The van der Waals surface area contributed by atoms with Gasteiger partial charge in [-0.3, -0.25) is 15.2 Å². The summed E-state index contributed by atoms with van der Waals surface area (Å²) in [5, 5.41) is 8.00. The molecule has 0 bridgehead atoms. The summed E-state index contributed by atoms with van der Waals surface area (Å²) >= 11 is 11.9. The summed E-state index contributed by atoms with van der Waals surface area (Å²) in [5.41, 5.74) is 6.72.